The van der Waals surface area contributed by atoms with Crippen molar-refractivity contribution in [2.75, 3.05) is 0 Å². The van der Waals surface area contributed by atoms with E-state index >= 15 is 0 Å². The van der Waals surface area contributed by atoms with Gasteiger partial charge in [-0.25, -0.2) is 4.98 Å². The maximum Gasteiger partial charge on any atom is 0.416 e. The van der Waals surface area contributed by atoms with Gasteiger partial charge in [0.1, 0.15) is 11.9 Å². The van der Waals surface area contributed by atoms with Crippen LogP contribution in [-0.2, 0) is 19.4 Å². The Kier molecular flexibility index (Phi) is 6.04. The SMILES string of the molecule is Cn1ccnc1[C@@H](NC(=O)c1cc(C(F)(F)F)cc(C(F)(F)F)c1)c1ccc(Cl)cc1. The van der Waals surface area contributed by atoms with Crippen LogP contribution in [0.25, 0.3) is 0 Å². The summed E-state index contributed by atoms with van der Waals surface area (Å²) in [6, 6.07) is 5.96. The summed E-state index contributed by atoms with van der Waals surface area (Å²) in [5.74, 6) is -0.807. The molecule has 164 valence electrons. The molecule has 0 fully saturated rings. The number of halogens is 7. The van der Waals surface area contributed by atoms with Crippen LogP contribution >= 0.6 is 11.6 Å². The first-order chi connectivity index (χ1) is 14.4. The average Bonchev–Trinajstić information content (AvgIpc) is 3.10. The summed E-state index contributed by atoms with van der Waals surface area (Å²) in [5.41, 5.74) is -3.45. The number of hydrogen-bond acceptors (Lipinski definition) is 2. The molecule has 0 aliphatic heterocycles. The third-order valence-corrected chi connectivity index (χ3v) is 4.70. The summed E-state index contributed by atoms with van der Waals surface area (Å²) in [6.45, 7) is 0. The van der Waals surface area contributed by atoms with E-state index in [-0.39, 0.29) is 6.07 Å². The van der Waals surface area contributed by atoms with Gasteiger partial charge in [0.2, 0.25) is 0 Å². The van der Waals surface area contributed by atoms with Gasteiger partial charge in [0.15, 0.2) is 0 Å². The van der Waals surface area contributed by atoms with Crippen molar-refractivity contribution in [1.82, 2.24) is 14.9 Å². The summed E-state index contributed by atoms with van der Waals surface area (Å²) in [4.78, 5) is 16.9. The molecule has 1 amide bonds. The molecule has 3 aromatic rings. The van der Waals surface area contributed by atoms with Gasteiger partial charge in [-0.2, -0.15) is 26.3 Å². The first-order valence-electron chi connectivity index (χ1n) is 8.69. The Hall–Kier alpha value is -3.01. The number of hydrogen-bond donors (Lipinski definition) is 1. The van der Waals surface area contributed by atoms with E-state index in [9.17, 15) is 31.1 Å². The van der Waals surface area contributed by atoms with Crippen molar-refractivity contribution in [2.45, 2.75) is 18.4 Å². The molecular formula is C20H14ClF6N3O. The molecule has 31 heavy (non-hydrogen) atoms. The number of benzene rings is 2. The summed E-state index contributed by atoms with van der Waals surface area (Å²) >= 11 is 5.87. The van der Waals surface area contributed by atoms with E-state index in [0.29, 0.717) is 28.5 Å². The lowest BCUT2D eigenvalue weighted by atomic mass is 10.0. The van der Waals surface area contributed by atoms with Crippen molar-refractivity contribution >= 4 is 17.5 Å². The van der Waals surface area contributed by atoms with Gasteiger partial charge in [0, 0.05) is 30.0 Å². The number of aromatic nitrogens is 2. The average molecular weight is 462 g/mol. The molecular weight excluding hydrogens is 448 g/mol. The molecule has 0 saturated heterocycles. The van der Waals surface area contributed by atoms with E-state index in [1.54, 1.807) is 29.9 Å². The Balaban J connectivity index is 2.04. The van der Waals surface area contributed by atoms with Crippen LogP contribution in [-0.4, -0.2) is 15.5 Å². The van der Waals surface area contributed by atoms with E-state index < -0.39 is 41.0 Å². The molecule has 0 unspecified atom stereocenters. The first kappa shape index (κ1) is 22.7. The van der Waals surface area contributed by atoms with Crippen LogP contribution in [0.2, 0.25) is 5.02 Å². The molecule has 2 aromatic carbocycles. The lowest BCUT2D eigenvalue weighted by Crippen LogP contribution is -2.31. The van der Waals surface area contributed by atoms with E-state index in [1.165, 1.54) is 18.3 Å². The second kappa shape index (κ2) is 8.26. The smallest absolute Gasteiger partial charge is 0.338 e. The molecule has 4 nitrogen and oxygen atoms in total. The zero-order valence-electron chi connectivity index (χ0n) is 15.7. The molecule has 0 aliphatic rings. The van der Waals surface area contributed by atoms with Gasteiger partial charge < -0.3 is 9.88 Å². The Labute approximate surface area is 177 Å². The number of carbonyl (C=O) groups is 1. The van der Waals surface area contributed by atoms with Crippen LogP contribution in [0, 0.1) is 0 Å². The number of alkyl halides is 6. The Morgan fingerprint density at radius 3 is 2.00 bits per heavy atom. The van der Waals surface area contributed by atoms with Gasteiger partial charge in [-0.1, -0.05) is 23.7 Å². The summed E-state index contributed by atoms with van der Waals surface area (Å²) in [5, 5.41) is 2.87. The number of nitrogens with zero attached hydrogens (tertiary/aromatic N) is 2. The lowest BCUT2D eigenvalue weighted by molar-refractivity contribution is -0.143. The number of aryl methyl sites for hydroxylation is 1. The van der Waals surface area contributed by atoms with Gasteiger partial charge in [-0.3, -0.25) is 4.79 Å². The van der Waals surface area contributed by atoms with Crippen molar-refractivity contribution in [3.05, 3.63) is 88.0 Å². The minimum atomic E-state index is -5.06. The van der Waals surface area contributed by atoms with E-state index in [2.05, 4.69) is 10.3 Å². The molecule has 0 spiro atoms. The standard InChI is InChI=1S/C20H14ClF6N3O/c1-30-7-6-28-17(30)16(11-2-4-15(21)5-3-11)29-18(31)12-8-13(19(22,23)24)10-14(9-12)20(25,26)27/h2-10,16H,1H3,(H,29,31)/t16-/m0/s1. The Bertz CT molecular complexity index is 1060. The molecule has 1 atom stereocenters. The van der Waals surface area contributed by atoms with Gasteiger partial charge in [0.25, 0.3) is 5.91 Å². The summed E-state index contributed by atoms with van der Waals surface area (Å²) in [7, 11) is 1.63. The predicted octanol–water partition coefficient (Wildman–Crippen LogP) is 5.63. The van der Waals surface area contributed by atoms with Crippen LogP contribution in [0.15, 0.2) is 54.9 Å². The molecule has 1 N–H and O–H groups in total. The van der Waals surface area contributed by atoms with Gasteiger partial charge >= 0.3 is 12.4 Å². The van der Waals surface area contributed by atoms with Crippen molar-refractivity contribution in [3.63, 3.8) is 0 Å². The van der Waals surface area contributed by atoms with E-state index in [4.69, 9.17) is 11.6 Å². The molecule has 0 radical (unpaired) electrons. The zero-order chi connectivity index (χ0) is 23.0. The minimum absolute atomic E-state index is 0.0355. The highest BCUT2D eigenvalue weighted by Gasteiger charge is 2.37. The minimum Gasteiger partial charge on any atom is -0.338 e. The van der Waals surface area contributed by atoms with Crippen molar-refractivity contribution < 1.29 is 31.1 Å². The first-order valence-corrected chi connectivity index (χ1v) is 9.07. The quantitative estimate of drug-likeness (QED) is 0.512. The van der Waals surface area contributed by atoms with Crippen LogP contribution in [0.4, 0.5) is 26.3 Å². The predicted molar refractivity (Wildman–Crippen MR) is 100 cm³/mol. The number of rotatable bonds is 4. The topological polar surface area (TPSA) is 46.9 Å². The van der Waals surface area contributed by atoms with Gasteiger partial charge in [0.05, 0.1) is 11.1 Å². The van der Waals surface area contributed by atoms with E-state index in [1.807, 2.05) is 0 Å². The van der Waals surface area contributed by atoms with Crippen molar-refractivity contribution in [1.29, 1.82) is 0 Å². The third kappa shape index (κ3) is 5.19. The highest BCUT2D eigenvalue weighted by atomic mass is 35.5. The zero-order valence-corrected chi connectivity index (χ0v) is 16.5. The highest BCUT2D eigenvalue weighted by molar-refractivity contribution is 6.30. The fourth-order valence-electron chi connectivity index (χ4n) is 2.91. The van der Waals surface area contributed by atoms with Gasteiger partial charge in [-0.05, 0) is 35.9 Å². The number of imidazole rings is 1. The van der Waals surface area contributed by atoms with Crippen molar-refractivity contribution in [2.24, 2.45) is 7.05 Å². The maximum absolute atomic E-state index is 13.1. The third-order valence-electron chi connectivity index (χ3n) is 4.45. The van der Waals surface area contributed by atoms with Crippen molar-refractivity contribution in [3.8, 4) is 0 Å². The Morgan fingerprint density at radius 2 is 1.55 bits per heavy atom. The second-order valence-electron chi connectivity index (χ2n) is 6.65. The molecule has 1 aromatic heterocycles. The Morgan fingerprint density at radius 1 is 1.00 bits per heavy atom. The van der Waals surface area contributed by atoms with Crippen LogP contribution in [0.5, 0.6) is 0 Å². The van der Waals surface area contributed by atoms with Crippen LogP contribution in [0.1, 0.15) is 38.9 Å². The second-order valence-corrected chi connectivity index (χ2v) is 7.09. The fourth-order valence-corrected chi connectivity index (χ4v) is 3.03. The molecule has 11 heteroatoms. The number of carbonyl (C=O) groups excluding carboxylic acids is 1. The summed E-state index contributed by atoms with van der Waals surface area (Å²) < 4.78 is 80.3. The number of nitrogens with one attached hydrogen (secondary N) is 1. The molecule has 0 bridgehead atoms. The molecule has 0 aliphatic carbocycles. The maximum atomic E-state index is 13.1. The largest absolute Gasteiger partial charge is 0.416 e. The number of amides is 1. The fraction of sp³-hybridized carbons (Fsp3) is 0.200. The molecule has 1 heterocycles. The summed E-state index contributed by atoms with van der Waals surface area (Å²) in [6.07, 6.45) is -7.11. The normalized spacial score (nSPS) is 13.2. The lowest BCUT2D eigenvalue weighted by Gasteiger charge is -2.20. The highest BCUT2D eigenvalue weighted by Crippen LogP contribution is 2.36. The van der Waals surface area contributed by atoms with Crippen LogP contribution < -0.4 is 5.32 Å². The monoisotopic (exact) mass is 461 g/mol. The molecule has 0 saturated carbocycles. The van der Waals surface area contributed by atoms with Crippen LogP contribution in [0.3, 0.4) is 0 Å². The van der Waals surface area contributed by atoms with Gasteiger partial charge in [-0.15, -0.1) is 0 Å². The molecule has 3 rings (SSSR count). The van der Waals surface area contributed by atoms with E-state index in [0.717, 1.165) is 0 Å².